The Labute approximate surface area is 207 Å². The summed E-state index contributed by atoms with van der Waals surface area (Å²) in [5, 5.41) is 0.872. The lowest BCUT2D eigenvalue weighted by molar-refractivity contribution is -0.140. The number of methoxy groups -OCH3 is 1. The molecule has 7 heteroatoms. The van der Waals surface area contributed by atoms with E-state index < -0.39 is 17.6 Å². The summed E-state index contributed by atoms with van der Waals surface area (Å²) >= 11 is 0. The Morgan fingerprint density at radius 2 is 1.72 bits per heavy atom. The van der Waals surface area contributed by atoms with E-state index in [0.717, 1.165) is 17.7 Å². The van der Waals surface area contributed by atoms with Crippen molar-refractivity contribution in [3.05, 3.63) is 100.0 Å². The maximum absolute atomic E-state index is 14.3. The standard InChI is InChI=1S/C29H27F2NO4/c1-18(2)28-26(20-12-13-22(30)23(31)16-20)21-10-7-11-24(36-17-19-8-5-4-6-9-19)27(21)29(34)32(28)15-14-25(33)35-3/h4-13,16,18H,14-15,17H2,1-3H3. The van der Waals surface area contributed by atoms with E-state index in [2.05, 4.69) is 0 Å². The molecule has 1 heterocycles. The number of esters is 1. The molecule has 0 aliphatic heterocycles. The van der Waals surface area contributed by atoms with Crippen molar-refractivity contribution in [2.24, 2.45) is 0 Å². The smallest absolute Gasteiger partial charge is 0.307 e. The first-order chi connectivity index (χ1) is 17.3. The molecule has 0 spiro atoms. The van der Waals surface area contributed by atoms with Crippen LogP contribution in [-0.2, 0) is 22.7 Å². The van der Waals surface area contributed by atoms with Crippen LogP contribution >= 0.6 is 0 Å². The van der Waals surface area contributed by atoms with Gasteiger partial charge in [0, 0.05) is 23.2 Å². The van der Waals surface area contributed by atoms with Gasteiger partial charge in [-0.15, -0.1) is 0 Å². The Balaban J connectivity index is 2.00. The van der Waals surface area contributed by atoms with Crippen LogP contribution in [-0.4, -0.2) is 17.6 Å². The summed E-state index contributed by atoms with van der Waals surface area (Å²) in [4.78, 5) is 25.8. The molecule has 0 fully saturated rings. The minimum Gasteiger partial charge on any atom is -0.488 e. The van der Waals surface area contributed by atoms with E-state index in [0.29, 0.717) is 33.3 Å². The number of fused-ring (bicyclic) bond motifs is 1. The van der Waals surface area contributed by atoms with E-state index in [1.807, 2.05) is 44.2 Å². The van der Waals surface area contributed by atoms with Crippen LogP contribution < -0.4 is 10.3 Å². The molecule has 0 saturated heterocycles. The van der Waals surface area contributed by atoms with Crippen LogP contribution in [0.2, 0.25) is 0 Å². The number of benzene rings is 3. The highest BCUT2D eigenvalue weighted by molar-refractivity contribution is 6.00. The van der Waals surface area contributed by atoms with Crippen molar-refractivity contribution in [1.29, 1.82) is 0 Å². The minimum atomic E-state index is -0.987. The van der Waals surface area contributed by atoms with Crippen molar-refractivity contribution in [3.8, 4) is 16.9 Å². The molecular weight excluding hydrogens is 464 g/mol. The molecule has 0 bridgehead atoms. The van der Waals surface area contributed by atoms with Crippen molar-refractivity contribution < 1.29 is 23.0 Å². The van der Waals surface area contributed by atoms with Gasteiger partial charge in [0.15, 0.2) is 11.6 Å². The van der Waals surface area contributed by atoms with E-state index in [1.165, 1.54) is 17.7 Å². The second-order valence-electron chi connectivity index (χ2n) is 8.78. The zero-order valence-corrected chi connectivity index (χ0v) is 20.4. The number of carbonyl (C=O) groups is 1. The Kier molecular flexibility index (Phi) is 7.48. The monoisotopic (exact) mass is 491 g/mol. The Bertz CT molecular complexity index is 1460. The molecule has 1 aromatic heterocycles. The Hall–Kier alpha value is -4.00. The number of aromatic nitrogens is 1. The second-order valence-corrected chi connectivity index (χ2v) is 8.78. The van der Waals surface area contributed by atoms with Crippen molar-refractivity contribution in [2.45, 2.75) is 39.3 Å². The Morgan fingerprint density at radius 1 is 0.972 bits per heavy atom. The Morgan fingerprint density at radius 3 is 2.39 bits per heavy atom. The van der Waals surface area contributed by atoms with Gasteiger partial charge in [0.1, 0.15) is 12.4 Å². The zero-order valence-electron chi connectivity index (χ0n) is 20.4. The fraction of sp³-hybridized carbons (Fsp3) is 0.241. The van der Waals surface area contributed by atoms with Crippen LogP contribution in [0.25, 0.3) is 21.9 Å². The van der Waals surface area contributed by atoms with Gasteiger partial charge in [-0.2, -0.15) is 0 Å². The average molecular weight is 492 g/mol. The highest BCUT2D eigenvalue weighted by atomic mass is 19.2. The number of ether oxygens (including phenoxy) is 2. The molecule has 5 nitrogen and oxygen atoms in total. The van der Waals surface area contributed by atoms with Crippen molar-refractivity contribution in [2.75, 3.05) is 7.11 Å². The molecule has 186 valence electrons. The molecule has 3 aromatic carbocycles. The van der Waals surface area contributed by atoms with Gasteiger partial charge in [0.05, 0.1) is 18.9 Å². The minimum absolute atomic E-state index is 0.0219. The number of hydrogen-bond acceptors (Lipinski definition) is 4. The van der Waals surface area contributed by atoms with Crippen LogP contribution in [0.5, 0.6) is 5.75 Å². The third-order valence-electron chi connectivity index (χ3n) is 6.06. The first kappa shape index (κ1) is 25.1. The number of carbonyl (C=O) groups excluding carboxylic acids is 1. The maximum atomic E-state index is 14.3. The fourth-order valence-corrected chi connectivity index (χ4v) is 4.42. The summed E-state index contributed by atoms with van der Waals surface area (Å²) < 4.78 is 40.5. The third-order valence-corrected chi connectivity index (χ3v) is 6.06. The molecule has 0 unspecified atom stereocenters. The maximum Gasteiger partial charge on any atom is 0.307 e. The number of pyridine rings is 1. The van der Waals surface area contributed by atoms with E-state index in [-0.39, 0.29) is 31.0 Å². The fourth-order valence-electron chi connectivity index (χ4n) is 4.42. The van der Waals surface area contributed by atoms with E-state index in [1.54, 1.807) is 18.2 Å². The van der Waals surface area contributed by atoms with E-state index in [9.17, 15) is 18.4 Å². The van der Waals surface area contributed by atoms with Gasteiger partial charge in [-0.1, -0.05) is 62.4 Å². The molecule has 0 aliphatic carbocycles. The van der Waals surface area contributed by atoms with E-state index >= 15 is 0 Å². The average Bonchev–Trinajstić information content (AvgIpc) is 2.88. The number of halogens is 2. The topological polar surface area (TPSA) is 57.5 Å². The van der Waals surface area contributed by atoms with Gasteiger partial charge < -0.3 is 14.0 Å². The van der Waals surface area contributed by atoms with Crippen LogP contribution in [0.3, 0.4) is 0 Å². The lowest BCUT2D eigenvalue weighted by Crippen LogP contribution is -2.27. The van der Waals surface area contributed by atoms with Gasteiger partial charge in [-0.05, 0) is 35.2 Å². The van der Waals surface area contributed by atoms with Crippen molar-refractivity contribution in [1.82, 2.24) is 4.57 Å². The first-order valence-corrected chi connectivity index (χ1v) is 11.7. The molecule has 36 heavy (non-hydrogen) atoms. The molecule has 0 aliphatic rings. The molecule has 0 atom stereocenters. The lowest BCUT2D eigenvalue weighted by Gasteiger charge is -2.23. The highest BCUT2D eigenvalue weighted by Crippen LogP contribution is 2.38. The number of hydrogen-bond donors (Lipinski definition) is 0. The van der Waals surface area contributed by atoms with Crippen LogP contribution in [0.15, 0.2) is 71.5 Å². The largest absolute Gasteiger partial charge is 0.488 e. The van der Waals surface area contributed by atoms with Gasteiger partial charge in [-0.25, -0.2) is 8.78 Å². The quantitative estimate of drug-likeness (QED) is 0.275. The number of rotatable bonds is 8. The molecule has 4 rings (SSSR count). The van der Waals surface area contributed by atoms with Crippen LogP contribution in [0, 0.1) is 11.6 Å². The summed E-state index contributed by atoms with van der Waals surface area (Å²) in [7, 11) is 1.29. The summed E-state index contributed by atoms with van der Waals surface area (Å²) in [6.07, 6.45) is -0.0219. The van der Waals surface area contributed by atoms with Gasteiger partial charge in [0.25, 0.3) is 5.56 Å². The third kappa shape index (κ3) is 5.00. The van der Waals surface area contributed by atoms with Gasteiger partial charge >= 0.3 is 5.97 Å². The normalized spacial score (nSPS) is 11.2. The molecule has 4 aromatic rings. The SMILES string of the molecule is COC(=O)CCn1c(C(C)C)c(-c2ccc(F)c(F)c2)c2cccc(OCc3ccccc3)c2c1=O. The lowest BCUT2D eigenvalue weighted by atomic mass is 9.91. The van der Waals surface area contributed by atoms with Crippen molar-refractivity contribution >= 4 is 16.7 Å². The first-order valence-electron chi connectivity index (χ1n) is 11.7. The molecule has 0 N–H and O–H groups in total. The predicted molar refractivity (Wildman–Crippen MR) is 135 cm³/mol. The van der Waals surface area contributed by atoms with Crippen molar-refractivity contribution in [3.63, 3.8) is 0 Å². The van der Waals surface area contributed by atoms with Gasteiger partial charge in [-0.3, -0.25) is 9.59 Å². The summed E-state index contributed by atoms with van der Waals surface area (Å²) in [5.41, 5.74) is 2.23. The van der Waals surface area contributed by atoms with Crippen LogP contribution in [0.4, 0.5) is 8.78 Å². The predicted octanol–water partition coefficient (Wildman–Crippen LogP) is 6.21. The second kappa shape index (κ2) is 10.7. The van der Waals surface area contributed by atoms with Gasteiger partial charge in [0.2, 0.25) is 0 Å². The molecule has 0 saturated carbocycles. The molecular formula is C29H27F2NO4. The van der Waals surface area contributed by atoms with E-state index in [4.69, 9.17) is 9.47 Å². The highest BCUT2D eigenvalue weighted by Gasteiger charge is 2.23. The summed E-state index contributed by atoms with van der Waals surface area (Å²) in [6, 6.07) is 18.5. The summed E-state index contributed by atoms with van der Waals surface area (Å²) in [5.74, 6) is -2.21. The zero-order chi connectivity index (χ0) is 25.8. The summed E-state index contributed by atoms with van der Waals surface area (Å²) in [6.45, 7) is 4.13. The van der Waals surface area contributed by atoms with Crippen LogP contribution in [0.1, 0.15) is 37.4 Å². The number of nitrogens with zero attached hydrogens (tertiary/aromatic N) is 1. The molecule has 0 radical (unpaired) electrons. The molecule has 0 amide bonds.